The van der Waals surface area contributed by atoms with E-state index in [1.54, 1.807) is 13.0 Å². The zero-order valence-corrected chi connectivity index (χ0v) is 16.5. The summed E-state index contributed by atoms with van der Waals surface area (Å²) in [5.41, 5.74) is 1.67. The summed E-state index contributed by atoms with van der Waals surface area (Å²) in [6.07, 6.45) is 1.65. The standard InChI is InChI=1S/C20H24N2O4S/c1-5-10-26-14-9-7-8-13(11-14)17-15(18(23)19(24)25-6-2)16(12(3)4)21-20(27)22-17/h5,7-9,11-12,17H,1,6,10H2,2-4H3,(H2,21,22,27)/t17-/m1/s1. The fraction of sp³-hybridized carbons (Fsp3) is 0.350. The lowest BCUT2D eigenvalue weighted by atomic mass is 9.89. The van der Waals surface area contributed by atoms with Crippen molar-refractivity contribution in [3.05, 3.63) is 53.8 Å². The van der Waals surface area contributed by atoms with Crippen molar-refractivity contribution >= 4 is 29.1 Å². The van der Waals surface area contributed by atoms with Gasteiger partial charge >= 0.3 is 5.97 Å². The Balaban J connectivity index is 2.52. The van der Waals surface area contributed by atoms with Crippen LogP contribution < -0.4 is 15.4 Å². The van der Waals surface area contributed by atoms with Crippen molar-refractivity contribution in [3.8, 4) is 5.75 Å². The van der Waals surface area contributed by atoms with Gasteiger partial charge in [-0.05, 0) is 42.8 Å². The maximum atomic E-state index is 12.9. The topological polar surface area (TPSA) is 76.7 Å². The molecule has 1 aromatic rings. The smallest absolute Gasteiger partial charge is 0.379 e. The van der Waals surface area contributed by atoms with Crippen LogP contribution in [0.3, 0.4) is 0 Å². The van der Waals surface area contributed by atoms with Crippen molar-refractivity contribution in [1.82, 2.24) is 10.6 Å². The van der Waals surface area contributed by atoms with Crippen LogP contribution in [0.5, 0.6) is 5.75 Å². The number of hydrogen-bond acceptors (Lipinski definition) is 5. The van der Waals surface area contributed by atoms with Crippen LogP contribution in [0.15, 0.2) is 48.2 Å². The monoisotopic (exact) mass is 388 g/mol. The molecular weight excluding hydrogens is 364 g/mol. The van der Waals surface area contributed by atoms with Crippen LogP contribution in [0, 0.1) is 5.92 Å². The Bertz CT molecular complexity index is 786. The molecule has 0 radical (unpaired) electrons. The number of allylic oxidation sites excluding steroid dienone is 1. The first-order valence-electron chi connectivity index (χ1n) is 8.75. The largest absolute Gasteiger partial charge is 0.490 e. The number of carbonyl (C=O) groups is 2. The summed E-state index contributed by atoms with van der Waals surface area (Å²) in [6, 6.07) is 6.71. The van der Waals surface area contributed by atoms with Crippen LogP contribution in [0.2, 0.25) is 0 Å². The molecule has 0 amide bonds. The average molecular weight is 388 g/mol. The van der Waals surface area contributed by atoms with E-state index in [2.05, 4.69) is 17.2 Å². The highest BCUT2D eigenvalue weighted by Gasteiger charge is 2.36. The highest BCUT2D eigenvalue weighted by atomic mass is 32.1. The molecule has 1 aliphatic rings. The average Bonchev–Trinajstić information content (AvgIpc) is 2.65. The van der Waals surface area contributed by atoms with Gasteiger partial charge in [-0.1, -0.05) is 38.6 Å². The second kappa shape index (κ2) is 9.32. The van der Waals surface area contributed by atoms with E-state index in [1.165, 1.54) is 0 Å². The summed E-state index contributed by atoms with van der Waals surface area (Å²) in [6.45, 7) is 9.64. The third-order valence-corrected chi connectivity index (χ3v) is 4.16. The van der Waals surface area contributed by atoms with Crippen molar-refractivity contribution in [2.45, 2.75) is 26.8 Å². The summed E-state index contributed by atoms with van der Waals surface area (Å²) in [5, 5.41) is 6.50. The molecule has 0 saturated heterocycles. The molecule has 0 unspecified atom stereocenters. The van der Waals surface area contributed by atoms with E-state index in [9.17, 15) is 9.59 Å². The molecule has 1 aliphatic heterocycles. The van der Waals surface area contributed by atoms with Crippen molar-refractivity contribution in [3.63, 3.8) is 0 Å². The first-order chi connectivity index (χ1) is 12.9. The molecular formula is C20H24N2O4S. The predicted octanol–water partition coefficient (Wildman–Crippen LogP) is 2.81. The lowest BCUT2D eigenvalue weighted by Gasteiger charge is -2.32. The van der Waals surface area contributed by atoms with Crippen molar-refractivity contribution in [2.75, 3.05) is 13.2 Å². The number of esters is 1. The molecule has 1 atom stereocenters. The molecule has 1 aromatic carbocycles. The number of carbonyl (C=O) groups excluding carboxylic acids is 2. The molecule has 0 spiro atoms. The van der Waals surface area contributed by atoms with Gasteiger partial charge in [-0.3, -0.25) is 4.79 Å². The van der Waals surface area contributed by atoms with Crippen molar-refractivity contribution in [1.29, 1.82) is 0 Å². The van der Waals surface area contributed by atoms with E-state index in [1.807, 2.05) is 38.1 Å². The minimum Gasteiger partial charge on any atom is -0.490 e. The predicted molar refractivity (Wildman–Crippen MR) is 107 cm³/mol. The van der Waals surface area contributed by atoms with Crippen LogP contribution in [0.1, 0.15) is 32.4 Å². The second-order valence-corrected chi connectivity index (χ2v) is 6.64. The number of hydrogen-bond donors (Lipinski definition) is 2. The summed E-state index contributed by atoms with van der Waals surface area (Å²) < 4.78 is 10.5. The van der Waals surface area contributed by atoms with Crippen LogP contribution in [-0.4, -0.2) is 30.1 Å². The van der Waals surface area contributed by atoms with Crippen LogP contribution >= 0.6 is 12.2 Å². The van der Waals surface area contributed by atoms with Crippen LogP contribution in [-0.2, 0) is 14.3 Å². The zero-order valence-electron chi connectivity index (χ0n) is 15.7. The third kappa shape index (κ3) is 4.95. The molecule has 27 heavy (non-hydrogen) atoms. The first-order valence-corrected chi connectivity index (χ1v) is 9.16. The van der Waals surface area contributed by atoms with Gasteiger partial charge in [-0.15, -0.1) is 0 Å². The molecule has 0 bridgehead atoms. The van der Waals surface area contributed by atoms with E-state index in [0.717, 1.165) is 5.56 Å². The summed E-state index contributed by atoms with van der Waals surface area (Å²) in [7, 11) is 0. The Kier molecular flexibility index (Phi) is 7.12. The van der Waals surface area contributed by atoms with Crippen LogP contribution in [0.4, 0.5) is 0 Å². The molecule has 0 aromatic heterocycles. The number of thiocarbonyl (C=S) groups is 1. The highest BCUT2D eigenvalue weighted by Crippen LogP contribution is 2.32. The second-order valence-electron chi connectivity index (χ2n) is 6.24. The van der Waals surface area contributed by atoms with Crippen molar-refractivity contribution < 1.29 is 19.1 Å². The fourth-order valence-electron chi connectivity index (χ4n) is 2.79. The molecule has 2 N–H and O–H groups in total. The minimum absolute atomic E-state index is 0.0406. The SMILES string of the molecule is C=CCOc1cccc([C@H]2NC(=S)NC(C(C)C)=C2C(=O)C(=O)OCC)c1. The van der Waals surface area contributed by atoms with Gasteiger partial charge in [0.05, 0.1) is 18.2 Å². The zero-order chi connectivity index (χ0) is 20.0. The lowest BCUT2D eigenvalue weighted by Crippen LogP contribution is -2.47. The number of rotatable bonds is 8. The van der Waals surface area contributed by atoms with E-state index in [4.69, 9.17) is 21.7 Å². The number of benzene rings is 1. The Morgan fingerprint density at radius 3 is 2.74 bits per heavy atom. The molecule has 7 heteroatoms. The van der Waals surface area contributed by atoms with E-state index >= 15 is 0 Å². The molecule has 0 fully saturated rings. The normalized spacial score (nSPS) is 16.4. The first kappa shape index (κ1) is 20.6. The van der Waals surface area contributed by atoms with Gasteiger partial charge < -0.3 is 20.1 Å². The maximum absolute atomic E-state index is 12.9. The number of nitrogens with one attached hydrogen (secondary N) is 2. The van der Waals surface area contributed by atoms with Gasteiger partial charge in [0.25, 0.3) is 5.78 Å². The number of Topliss-reactive ketones (excluding diaryl/α,β-unsaturated/α-hetero) is 1. The number of ether oxygens (including phenoxy) is 2. The molecule has 144 valence electrons. The Morgan fingerprint density at radius 1 is 1.37 bits per heavy atom. The highest BCUT2D eigenvalue weighted by molar-refractivity contribution is 7.80. The molecule has 2 rings (SSSR count). The van der Waals surface area contributed by atoms with E-state index in [-0.39, 0.29) is 12.5 Å². The van der Waals surface area contributed by atoms with Crippen LogP contribution in [0.25, 0.3) is 0 Å². The molecule has 6 nitrogen and oxygen atoms in total. The van der Waals surface area contributed by atoms with Gasteiger partial charge in [0.2, 0.25) is 0 Å². The Morgan fingerprint density at radius 2 is 2.11 bits per heavy atom. The summed E-state index contributed by atoms with van der Waals surface area (Å²) in [5.74, 6) is -0.981. The maximum Gasteiger partial charge on any atom is 0.379 e. The quantitative estimate of drug-likeness (QED) is 0.307. The third-order valence-electron chi connectivity index (χ3n) is 3.94. The van der Waals surface area contributed by atoms with Gasteiger partial charge in [-0.25, -0.2) is 4.79 Å². The Labute approximate surface area is 164 Å². The Hall–Kier alpha value is -2.67. The minimum atomic E-state index is -0.883. The van der Waals surface area contributed by atoms with Gasteiger partial charge in [0.15, 0.2) is 5.11 Å². The van der Waals surface area contributed by atoms with E-state index < -0.39 is 17.8 Å². The molecule has 0 aliphatic carbocycles. The van der Waals surface area contributed by atoms with Crippen molar-refractivity contribution in [2.24, 2.45) is 5.92 Å². The fourth-order valence-corrected chi connectivity index (χ4v) is 3.02. The van der Waals surface area contributed by atoms with E-state index in [0.29, 0.717) is 28.7 Å². The molecule has 0 saturated carbocycles. The van der Waals surface area contributed by atoms with Gasteiger partial charge in [0.1, 0.15) is 12.4 Å². The number of ketones is 1. The molecule has 1 heterocycles. The lowest BCUT2D eigenvalue weighted by molar-refractivity contribution is -0.152. The summed E-state index contributed by atoms with van der Waals surface area (Å²) in [4.78, 5) is 25.0. The van der Waals surface area contributed by atoms with Gasteiger partial charge in [-0.2, -0.15) is 0 Å². The van der Waals surface area contributed by atoms with Gasteiger partial charge in [0, 0.05) is 5.70 Å². The summed E-state index contributed by atoms with van der Waals surface area (Å²) >= 11 is 5.31.